The van der Waals surface area contributed by atoms with E-state index in [4.69, 9.17) is 9.47 Å². The van der Waals surface area contributed by atoms with Crippen LogP contribution in [0.2, 0.25) is 0 Å². The summed E-state index contributed by atoms with van der Waals surface area (Å²) in [6.07, 6.45) is 0. The first kappa shape index (κ1) is 14.8. The molecule has 1 aromatic carbocycles. The van der Waals surface area contributed by atoms with E-state index in [0.29, 0.717) is 11.5 Å². The van der Waals surface area contributed by atoms with Gasteiger partial charge in [0, 0.05) is 11.6 Å². The maximum absolute atomic E-state index is 11.6. The van der Waals surface area contributed by atoms with Gasteiger partial charge in [0.1, 0.15) is 11.5 Å². The number of sulfonamides is 1. The standard InChI is InChI=1S/C12H19NO4S/c1-5-18(14,15)13-9(2)11-8-10(16-3)6-7-12(11)17-4/h6-9,13H,5H2,1-4H3. The zero-order valence-corrected chi connectivity index (χ0v) is 11.9. The van der Waals surface area contributed by atoms with E-state index < -0.39 is 10.0 Å². The first-order valence-electron chi connectivity index (χ1n) is 5.65. The van der Waals surface area contributed by atoms with Gasteiger partial charge in [0.05, 0.1) is 20.0 Å². The van der Waals surface area contributed by atoms with Crippen LogP contribution in [0, 0.1) is 0 Å². The van der Waals surface area contributed by atoms with Crippen LogP contribution in [0.4, 0.5) is 0 Å². The molecule has 6 heteroatoms. The Morgan fingerprint density at radius 1 is 1.28 bits per heavy atom. The molecule has 1 N–H and O–H groups in total. The van der Waals surface area contributed by atoms with E-state index in [-0.39, 0.29) is 11.8 Å². The predicted molar refractivity (Wildman–Crippen MR) is 70.6 cm³/mol. The second kappa shape index (κ2) is 6.06. The minimum atomic E-state index is -3.26. The molecule has 0 amide bonds. The van der Waals surface area contributed by atoms with Crippen LogP contribution in [0.5, 0.6) is 11.5 Å². The van der Waals surface area contributed by atoms with Crippen molar-refractivity contribution in [1.29, 1.82) is 0 Å². The van der Waals surface area contributed by atoms with Crippen molar-refractivity contribution in [1.82, 2.24) is 4.72 Å². The van der Waals surface area contributed by atoms with Gasteiger partial charge in [0.2, 0.25) is 10.0 Å². The fraction of sp³-hybridized carbons (Fsp3) is 0.500. The van der Waals surface area contributed by atoms with Gasteiger partial charge in [-0.25, -0.2) is 13.1 Å². The average molecular weight is 273 g/mol. The molecule has 0 aliphatic rings. The van der Waals surface area contributed by atoms with Crippen LogP contribution in [0.3, 0.4) is 0 Å². The van der Waals surface area contributed by atoms with E-state index in [9.17, 15) is 8.42 Å². The van der Waals surface area contributed by atoms with Crippen LogP contribution < -0.4 is 14.2 Å². The molecule has 102 valence electrons. The summed E-state index contributed by atoms with van der Waals surface area (Å²) in [5, 5.41) is 0. The van der Waals surface area contributed by atoms with Crippen molar-refractivity contribution < 1.29 is 17.9 Å². The second-order valence-electron chi connectivity index (χ2n) is 3.85. The normalized spacial score (nSPS) is 13.1. The Hall–Kier alpha value is -1.27. The molecule has 0 aromatic heterocycles. The van der Waals surface area contributed by atoms with E-state index in [1.807, 2.05) is 0 Å². The van der Waals surface area contributed by atoms with Gasteiger partial charge in [-0.15, -0.1) is 0 Å². The topological polar surface area (TPSA) is 64.6 Å². The molecular formula is C12H19NO4S. The van der Waals surface area contributed by atoms with E-state index in [0.717, 1.165) is 5.56 Å². The summed E-state index contributed by atoms with van der Waals surface area (Å²) in [6.45, 7) is 3.36. The van der Waals surface area contributed by atoms with Gasteiger partial charge in [0.15, 0.2) is 0 Å². The molecule has 0 heterocycles. The van der Waals surface area contributed by atoms with Gasteiger partial charge in [0.25, 0.3) is 0 Å². The maximum atomic E-state index is 11.6. The van der Waals surface area contributed by atoms with Gasteiger partial charge in [-0.2, -0.15) is 0 Å². The lowest BCUT2D eigenvalue weighted by molar-refractivity contribution is 0.395. The Kier molecular flexibility index (Phi) is 4.98. The Bertz CT molecular complexity index is 499. The largest absolute Gasteiger partial charge is 0.497 e. The third kappa shape index (κ3) is 3.61. The number of nitrogens with one attached hydrogen (secondary N) is 1. The molecule has 1 aromatic rings. The van der Waals surface area contributed by atoms with Crippen molar-refractivity contribution >= 4 is 10.0 Å². The number of methoxy groups -OCH3 is 2. The minimum absolute atomic E-state index is 0.0453. The molecule has 0 aliphatic carbocycles. The van der Waals surface area contributed by atoms with Crippen molar-refractivity contribution in [3.05, 3.63) is 23.8 Å². The summed E-state index contributed by atoms with van der Waals surface area (Å²) in [6, 6.07) is 4.91. The fourth-order valence-corrected chi connectivity index (χ4v) is 2.43. The molecule has 1 unspecified atom stereocenters. The Morgan fingerprint density at radius 3 is 2.44 bits per heavy atom. The highest BCUT2D eigenvalue weighted by atomic mass is 32.2. The van der Waals surface area contributed by atoms with Crippen LogP contribution in [0.1, 0.15) is 25.5 Å². The third-order valence-corrected chi connectivity index (χ3v) is 4.11. The lowest BCUT2D eigenvalue weighted by Gasteiger charge is -2.17. The van der Waals surface area contributed by atoms with E-state index >= 15 is 0 Å². The molecule has 0 radical (unpaired) electrons. The summed E-state index contributed by atoms with van der Waals surface area (Å²) in [4.78, 5) is 0. The molecule has 0 spiro atoms. The Labute approximate surface area is 108 Å². The lowest BCUT2D eigenvalue weighted by atomic mass is 10.1. The van der Waals surface area contributed by atoms with Crippen molar-refractivity contribution in [2.75, 3.05) is 20.0 Å². The zero-order chi connectivity index (χ0) is 13.8. The first-order valence-corrected chi connectivity index (χ1v) is 7.30. The average Bonchev–Trinajstić information content (AvgIpc) is 2.37. The highest BCUT2D eigenvalue weighted by molar-refractivity contribution is 7.89. The molecule has 1 rings (SSSR count). The number of ether oxygens (including phenoxy) is 2. The minimum Gasteiger partial charge on any atom is -0.497 e. The SMILES string of the molecule is CCS(=O)(=O)NC(C)c1cc(OC)ccc1OC. The lowest BCUT2D eigenvalue weighted by Crippen LogP contribution is -2.28. The molecule has 0 saturated heterocycles. The van der Waals surface area contributed by atoms with Crippen LogP contribution in [0.15, 0.2) is 18.2 Å². The summed E-state index contributed by atoms with van der Waals surface area (Å²) < 4.78 is 36.0. The smallest absolute Gasteiger partial charge is 0.211 e. The van der Waals surface area contributed by atoms with E-state index in [1.54, 1.807) is 46.3 Å². The van der Waals surface area contributed by atoms with Crippen molar-refractivity contribution in [3.63, 3.8) is 0 Å². The molecule has 0 aliphatic heterocycles. The predicted octanol–water partition coefficient (Wildman–Crippen LogP) is 1.70. The van der Waals surface area contributed by atoms with Crippen molar-refractivity contribution in [3.8, 4) is 11.5 Å². The molecule has 18 heavy (non-hydrogen) atoms. The molecule has 5 nitrogen and oxygen atoms in total. The van der Waals surface area contributed by atoms with Gasteiger partial charge in [-0.05, 0) is 32.0 Å². The number of rotatable bonds is 6. The number of hydrogen-bond donors (Lipinski definition) is 1. The van der Waals surface area contributed by atoms with Gasteiger partial charge in [-0.1, -0.05) is 0 Å². The quantitative estimate of drug-likeness (QED) is 0.857. The summed E-state index contributed by atoms with van der Waals surface area (Å²) in [7, 11) is -0.148. The van der Waals surface area contributed by atoms with E-state index in [1.165, 1.54) is 0 Å². The second-order valence-corrected chi connectivity index (χ2v) is 5.89. The molecule has 0 fully saturated rings. The molecular weight excluding hydrogens is 254 g/mol. The van der Waals surface area contributed by atoms with Crippen LogP contribution in [0.25, 0.3) is 0 Å². The molecule has 1 atom stereocenters. The summed E-state index contributed by atoms with van der Waals surface area (Å²) >= 11 is 0. The number of hydrogen-bond acceptors (Lipinski definition) is 4. The van der Waals surface area contributed by atoms with Crippen LogP contribution in [-0.2, 0) is 10.0 Å². The first-order chi connectivity index (χ1) is 8.43. The zero-order valence-electron chi connectivity index (χ0n) is 11.1. The summed E-state index contributed by atoms with van der Waals surface area (Å²) in [5.41, 5.74) is 0.744. The van der Waals surface area contributed by atoms with Crippen molar-refractivity contribution in [2.45, 2.75) is 19.9 Å². The third-order valence-electron chi connectivity index (χ3n) is 2.64. The maximum Gasteiger partial charge on any atom is 0.211 e. The molecule has 0 saturated carbocycles. The van der Waals surface area contributed by atoms with Crippen LogP contribution in [-0.4, -0.2) is 28.4 Å². The Morgan fingerprint density at radius 2 is 1.94 bits per heavy atom. The van der Waals surface area contributed by atoms with Crippen LogP contribution >= 0.6 is 0 Å². The highest BCUT2D eigenvalue weighted by Gasteiger charge is 2.17. The van der Waals surface area contributed by atoms with Gasteiger partial charge >= 0.3 is 0 Å². The van der Waals surface area contributed by atoms with E-state index in [2.05, 4.69) is 4.72 Å². The molecule has 0 bridgehead atoms. The monoisotopic (exact) mass is 273 g/mol. The Balaban J connectivity index is 3.06. The number of benzene rings is 1. The van der Waals surface area contributed by atoms with Crippen molar-refractivity contribution in [2.24, 2.45) is 0 Å². The van der Waals surface area contributed by atoms with Gasteiger partial charge in [-0.3, -0.25) is 0 Å². The summed E-state index contributed by atoms with van der Waals surface area (Å²) in [5.74, 6) is 1.33. The highest BCUT2D eigenvalue weighted by Crippen LogP contribution is 2.29. The fourth-order valence-electron chi connectivity index (χ4n) is 1.59. The van der Waals surface area contributed by atoms with Gasteiger partial charge < -0.3 is 9.47 Å².